The van der Waals surface area contributed by atoms with Crippen molar-refractivity contribution in [1.29, 1.82) is 0 Å². The molecule has 2 rings (SSSR count). The molecule has 1 N–H and O–H groups in total. The molecule has 1 aliphatic rings. The summed E-state index contributed by atoms with van der Waals surface area (Å²) in [4.78, 5) is 11.2. The molecular weight excluding hydrogens is 394 g/mol. The molecule has 1 aliphatic carbocycles. The minimum Gasteiger partial charge on any atom is -0.497 e. The van der Waals surface area contributed by atoms with Crippen LogP contribution in [-0.4, -0.2) is 18.2 Å². The van der Waals surface area contributed by atoms with Crippen LogP contribution >= 0.6 is 15.9 Å². The van der Waals surface area contributed by atoms with E-state index in [0.29, 0.717) is 6.42 Å². The number of carboxylic acid groups (broad SMARTS) is 1. The Morgan fingerprint density at radius 3 is 2.44 bits per heavy atom. The van der Waals surface area contributed by atoms with Crippen LogP contribution in [-0.2, 0) is 16.0 Å². The number of carboxylic acids is 1. The maximum absolute atomic E-state index is 14.6. The highest BCUT2D eigenvalue weighted by molar-refractivity contribution is 9.10. The molecule has 0 aliphatic heterocycles. The molecule has 0 heterocycles. The minimum atomic E-state index is -1.64. The highest BCUT2D eigenvalue weighted by Crippen LogP contribution is 2.49. The number of aliphatic carboxylic acids is 1. The zero-order chi connectivity index (χ0) is 18.8. The molecule has 0 bridgehead atoms. The van der Waals surface area contributed by atoms with E-state index >= 15 is 0 Å². The fraction of sp³-hybridized carbons (Fsp3) is 0.316. The number of benzene rings is 1. The molecule has 1 aromatic rings. The van der Waals surface area contributed by atoms with Crippen LogP contribution in [0.15, 0.2) is 63.9 Å². The second kappa shape index (κ2) is 7.52. The summed E-state index contributed by atoms with van der Waals surface area (Å²) in [6, 6.07) is 7.71. The Bertz CT molecular complexity index is 761. The average molecular weight is 413 g/mol. The zero-order valence-corrected chi connectivity index (χ0v) is 15.7. The first-order valence-electron chi connectivity index (χ1n) is 7.68. The van der Waals surface area contributed by atoms with Crippen LogP contribution < -0.4 is 0 Å². The summed E-state index contributed by atoms with van der Waals surface area (Å²) in [5.74, 6) is -4.71. The Hall–Kier alpha value is -1.95. The van der Waals surface area contributed by atoms with Gasteiger partial charge in [0.2, 0.25) is 0 Å². The van der Waals surface area contributed by atoms with Crippen molar-refractivity contribution in [3.05, 3.63) is 69.4 Å². The Morgan fingerprint density at radius 1 is 1.32 bits per heavy atom. The monoisotopic (exact) mass is 412 g/mol. The van der Waals surface area contributed by atoms with Crippen LogP contribution in [0.1, 0.15) is 19.4 Å². The van der Waals surface area contributed by atoms with Crippen LogP contribution in [0.2, 0.25) is 0 Å². The number of halogens is 3. The molecule has 1 aromatic carbocycles. The number of carbonyl (C=O) groups is 1. The third-order valence-electron chi connectivity index (χ3n) is 4.31. The summed E-state index contributed by atoms with van der Waals surface area (Å²) < 4.78 is 35.1. The van der Waals surface area contributed by atoms with Crippen molar-refractivity contribution in [3.63, 3.8) is 0 Å². The van der Waals surface area contributed by atoms with Gasteiger partial charge in [-0.25, -0.2) is 13.6 Å². The number of methoxy groups -OCH3 is 1. The Labute approximate surface area is 153 Å². The van der Waals surface area contributed by atoms with Crippen molar-refractivity contribution in [2.45, 2.75) is 20.3 Å². The highest BCUT2D eigenvalue weighted by Gasteiger charge is 2.46. The number of hydrogen-bond donors (Lipinski definition) is 1. The second-order valence-corrected chi connectivity index (χ2v) is 7.25. The summed E-state index contributed by atoms with van der Waals surface area (Å²) in [5.41, 5.74) is -1.15. The molecule has 0 saturated heterocycles. The third kappa shape index (κ3) is 3.84. The van der Waals surface area contributed by atoms with Gasteiger partial charge in [-0.15, -0.1) is 0 Å². The van der Waals surface area contributed by atoms with Crippen LogP contribution in [0, 0.1) is 11.3 Å². The van der Waals surface area contributed by atoms with Crippen LogP contribution in [0.25, 0.3) is 0 Å². The molecule has 0 radical (unpaired) electrons. The lowest BCUT2D eigenvalue weighted by Gasteiger charge is -2.36. The number of allylic oxidation sites excluding steroid dienone is 3. The van der Waals surface area contributed by atoms with Gasteiger partial charge in [-0.1, -0.05) is 54.1 Å². The van der Waals surface area contributed by atoms with E-state index in [0.717, 1.165) is 10.0 Å². The van der Waals surface area contributed by atoms with Gasteiger partial charge in [0.1, 0.15) is 17.2 Å². The SMILES string of the molecule is COC1=C(F)C(C(=O)O)=C(F)C(C)(C)C1C=CCc1ccc(Br)cc1. The normalized spacial score (nSPS) is 20.3. The number of rotatable bonds is 5. The lowest BCUT2D eigenvalue weighted by Crippen LogP contribution is -2.32. The maximum Gasteiger partial charge on any atom is 0.341 e. The first-order chi connectivity index (χ1) is 11.7. The van der Waals surface area contributed by atoms with Gasteiger partial charge in [-0.05, 0) is 24.1 Å². The van der Waals surface area contributed by atoms with E-state index in [2.05, 4.69) is 15.9 Å². The van der Waals surface area contributed by atoms with Crippen molar-refractivity contribution >= 4 is 21.9 Å². The lowest BCUT2D eigenvalue weighted by molar-refractivity contribution is -0.133. The second-order valence-electron chi connectivity index (χ2n) is 6.33. The van der Waals surface area contributed by atoms with Crippen LogP contribution in [0.3, 0.4) is 0 Å². The van der Waals surface area contributed by atoms with Gasteiger partial charge < -0.3 is 9.84 Å². The number of ether oxygens (including phenoxy) is 1. The first kappa shape index (κ1) is 19.4. The van der Waals surface area contributed by atoms with Crippen LogP contribution in [0.4, 0.5) is 8.78 Å². The quantitative estimate of drug-likeness (QED) is 0.663. The van der Waals surface area contributed by atoms with Gasteiger partial charge in [-0.3, -0.25) is 0 Å². The van der Waals surface area contributed by atoms with E-state index in [1.807, 2.05) is 24.3 Å². The minimum absolute atomic E-state index is 0.171. The summed E-state index contributed by atoms with van der Waals surface area (Å²) in [6.07, 6.45) is 4.05. The molecule has 1 unspecified atom stereocenters. The van der Waals surface area contributed by atoms with Gasteiger partial charge in [0.25, 0.3) is 0 Å². The summed E-state index contributed by atoms with van der Waals surface area (Å²) in [5, 5.41) is 9.11. The molecule has 0 spiro atoms. The lowest BCUT2D eigenvalue weighted by atomic mass is 9.71. The maximum atomic E-state index is 14.6. The summed E-state index contributed by atoms with van der Waals surface area (Å²) in [7, 11) is 1.25. The Morgan fingerprint density at radius 2 is 1.92 bits per heavy atom. The molecule has 3 nitrogen and oxygen atoms in total. The molecule has 0 aromatic heterocycles. The zero-order valence-electron chi connectivity index (χ0n) is 14.1. The topological polar surface area (TPSA) is 46.5 Å². The van der Waals surface area contributed by atoms with Crippen molar-refractivity contribution in [3.8, 4) is 0 Å². The summed E-state index contributed by atoms with van der Waals surface area (Å²) >= 11 is 3.36. The average Bonchev–Trinajstić information content (AvgIpc) is 2.54. The predicted octanol–water partition coefficient (Wildman–Crippen LogP) is 5.34. The van der Waals surface area contributed by atoms with Gasteiger partial charge in [-0.2, -0.15) is 0 Å². The fourth-order valence-electron chi connectivity index (χ4n) is 2.84. The van der Waals surface area contributed by atoms with E-state index in [1.54, 1.807) is 12.2 Å². The highest BCUT2D eigenvalue weighted by atomic mass is 79.9. The van der Waals surface area contributed by atoms with E-state index in [1.165, 1.54) is 21.0 Å². The van der Waals surface area contributed by atoms with Gasteiger partial charge >= 0.3 is 5.97 Å². The van der Waals surface area contributed by atoms with E-state index in [-0.39, 0.29) is 5.76 Å². The smallest absolute Gasteiger partial charge is 0.341 e. The van der Waals surface area contributed by atoms with E-state index in [4.69, 9.17) is 9.84 Å². The molecule has 0 amide bonds. The predicted molar refractivity (Wildman–Crippen MR) is 95.2 cm³/mol. The third-order valence-corrected chi connectivity index (χ3v) is 4.84. The van der Waals surface area contributed by atoms with Crippen molar-refractivity contribution in [1.82, 2.24) is 0 Å². The molecular formula is C19H19BrF2O3. The standard InChI is InChI=1S/C19H19BrF2O3/c1-19(2)13(6-4-5-11-7-9-12(20)10-8-11)16(25-3)15(21)14(17(19)22)18(23)24/h4,6-10,13H,5H2,1-3H3,(H,23,24). The van der Waals surface area contributed by atoms with Crippen molar-refractivity contribution in [2.75, 3.05) is 7.11 Å². The van der Waals surface area contributed by atoms with Gasteiger partial charge in [0, 0.05) is 15.8 Å². The first-order valence-corrected chi connectivity index (χ1v) is 8.48. The van der Waals surface area contributed by atoms with Gasteiger partial charge in [0.05, 0.1) is 7.11 Å². The molecule has 6 heteroatoms. The van der Waals surface area contributed by atoms with E-state index < -0.39 is 34.5 Å². The largest absolute Gasteiger partial charge is 0.497 e. The van der Waals surface area contributed by atoms with Crippen molar-refractivity contribution in [2.24, 2.45) is 11.3 Å². The Kier molecular flexibility index (Phi) is 5.83. The van der Waals surface area contributed by atoms with Crippen molar-refractivity contribution < 1.29 is 23.4 Å². The molecule has 0 saturated carbocycles. The van der Waals surface area contributed by atoms with Crippen LogP contribution in [0.5, 0.6) is 0 Å². The Balaban J connectivity index is 2.34. The summed E-state index contributed by atoms with van der Waals surface area (Å²) in [6.45, 7) is 3.07. The molecule has 134 valence electrons. The molecule has 1 atom stereocenters. The fourth-order valence-corrected chi connectivity index (χ4v) is 3.10. The number of hydrogen-bond acceptors (Lipinski definition) is 2. The molecule has 25 heavy (non-hydrogen) atoms. The van der Waals surface area contributed by atoms with E-state index in [9.17, 15) is 13.6 Å². The van der Waals surface area contributed by atoms with Gasteiger partial charge in [0.15, 0.2) is 5.83 Å². The molecule has 0 fully saturated rings.